The van der Waals surface area contributed by atoms with E-state index in [-0.39, 0.29) is 0 Å². The van der Waals surface area contributed by atoms with Crippen LogP contribution in [0.1, 0.15) is 49.7 Å². The topological polar surface area (TPSA) is 157 Å². The van der Waals surface area contributed by atoms with E-state index in [0.717, 1.165) is 56.2 Å². The lowest BCUT2D eigenvalue weighted by Gasteiger charge is -2.27. The van der Waals surface area contributed by atoms with E-state index in [9.17, 15) is 0 Å². The minimum absolute atomic E-state index is 0.522. The Labute approximate surface area is 255 Å². The summed E-state index contributed by atoms with van der Waals surface area (Å²) in [5.74, 6) is 3.00. The van der Waals surface area contributed by atoms with E-state index in [1.165, 1.54) is 38.5 Å². The summed E-state index contributed by atoms with van der Waals surface area (Å²) in [5, 5.41) is 15.6. The average Bonchev–Trinajstić information content (AvgIpc) is 3.65. The smallest absolute Gasteiger partial charge is 0.229 e. The van der Waals surface area contributed by atoms with Crippen LogP contribution in [0.25, 0.3) is 22.1 Å². The van der Waals surface area contributed by atoms with Gasteiger partial charge in [0.2, 0.25) is 11.9 Å². The van der Waals surface area contributed by atoms with Gasteiger partial charge in [-0.3, -0.25) is 0 Å². The molecule has 2 saturated carbocycles. The van der Waals surface area contributed by atoms with E-state index in [2.05, 4.69) is 67.2 Å². The summed E-state index contributed by atoms with van der Waals surface area (Å²) < 4.78 is 0. The molecular formula is C32H36N12. The van der Waals surface area contributed by atoms with Crippen molar-refractivity contribution in [3.63, 3.8) is 0 Å². The maximum Gasteiger partial charge on any atom is 0.229 e. The van der Waals surface area contributed by atoms with Crippen molar-refractivity contribution in [1.29, 1.82) is 0 Å². The summed E-state index contributed by atoms with van der Waals surface area (Å²) in [7, 11) is 0. The van der Waals surface area contributed by atoms with Crippen LogP contribution < -0.4 is 21.3 Å². The van der Waals surface area contributed by atoms with E-state index in [0.29, 0.717) is 24.0 Å². The van der Waals surface area contributed by atoms with E-state index in [1.54, 1.807) is 12.4 Å². The number of aryl methyl sites for hydroxylation is 2. The monoisotopic (exact) mass is 588 g/mol. The number of hydrogen-bond donors (Lipinski definition) is 6. The number of fused-ring (bicyclic) bond motifs is 2. The lowest BCUT2D eigenvalue weighted by Crippen LogP contribution is -2.28. The van der Waals surface area contributed by atoms with E-state index < -0.39 is 0 Å². The molecule has 0 amide bonds. The third-order valence-corrected chi connectivity index (χ3v) is 8.15. The third kappa shape index (κ3) is 6.24. The Morgan fingerprint density at radius 3 is 1.77 bits per heavy atom. The van der Waals surface area contributed by atoms with Gasteiger partial charge in [-0.2, -0.15) is 9.97 Å². The maximum atomic E-state index is 4.59. The number of rotatable bonds is 8. The lowest BCUT2D eigenvalue weighted by molar-refractivity contribution is 0.443. The molecule has 0 aliphatic heterocycles. The fourth-order valence-electron chi connectivity index (χ4n) is 5.05. The van der Waals surface area contributed by atoms with Crippen molar-refractivity contribution < 1.29 is 0 Å². The fraction of sp³-hybridized carbons (Fsp3) is 0.312. The Bertz CT molecular complexity index is 1890. The molecule has 8 rings (SSSR count). The molecule has 2 fully saturated rings. The van der Waals surface area contributed by atoms with Gasteiger partial charge >= 0.3 is 0 Å². The molecule has 2 aliphatic rings. The van der Waals surface area contributed by atoms with Crippen molar-refractivity contribution >= 4 is 57.0 Å². The first-order valence-electron chi connectivity index (χ1n) is 15.2. The quantitative estimate of drug-likeness (QED) is 0.112. The fourth-order valence-corrected chi connectivity index (χ4v) is 5.05. The highest BCUT2D eigenvalue weighted by molar-refractivity contribution is 5.80. The van der Waals surface area contributed by atoms with Gasteiger partial charge in [-0.1, -0.05) is 0 Å². The predicted molar refractivity (Wildman–Crippen MR) is 175 cm³/mol. The Balaban J connectivity index is 0.000000142. The van der Waals surface area contributed by atoms with Crippen LogP contribution in [0.5, 0.6) is 0 Å². The van der Waals surface area contributed by atoms with Crippen LogP contribution in [0.2, 0.25) is 0 Å². The number of hydrogen-bond acceptors (Lipinski definition) is 10. The molecule has 44 heavy (non-hydrogen) atoms. The van der Waals surface area contributed by atoms with Crippen molar-refractivity contribution in [2.45, 2.75) is 64.5 Å². The Hall–Kier alpha value is -5.26. The molecule has 12 nitrogen and oxygen atoms in total. The van der Waals surface area contributed by atoms with Gasteiger partial charge in [0.15, 0.2) is 0 Å². The van der Waals surface area contributed by atoms with E-state index in [1.807, 2.05) is 56.8 Å². The Kier molecular flexibility index (Phi) is 7.61. The van der Waals surface area contributed by atoms with Gasteiger partial charge in [-0.25, -0.2) is 19.9 Å². The average molecular weight is 589 g/mol. The van der Waals surface area contributed by atoms with Gasteiger partial charge in [0.05, 0.1) is 23.8 Å². The van der Waals surface area contributed by atoms with Crippen LogP contribution in [0, 0.1) is 13.8 Å². The molecule has 6 aromatic rings. The molecule has 0 bridgehead atoms. The zero-order valence-electron chi connectivity index (χ0n) is 24.9. The zero-order chi connectivity index (χ0) is 29.9. The Morgan fingerprint density at radius 1 is 0.614 bits per heavy atom. The third-order valence-electron chi connectivity index (χ3n) is 8.15. The van der Waals surface area contributed by atoms with Crippen LogP contribution in [-0.4, -0.2) is 52.0 Å². The normalized spacial score (nSPS) is 14.8. The molecule has 6 N–H and O–H groups in total. The van der Waals surface area contributed by atoms with Crippen LogP contribution in [-0.2, 0) is 0 Å². The summed E-state index contributed by atoms with van der Waals surface area (Å²) in [6.45, 7) is 4.02. The molecule has 0 radical (unpaired) electrons. The summed E-state index contributed by atoms with van der Waals surface area (Å²) in [6.07, 6.45) is 18.5. The van der Waals surface area contributed by atoms with Gasteiger partial charge in [0, 0.05) is 58.8 Å². The molecule has 6 heterocycles. The molecule has 0 unspecified atom stereocenters. The zero-order valence-corrected chi connectivity index (χ0v) is 24.9. The molecule has 12 heteroatoms. The van der Waals surface area contributed by atoms with Crippen molar-refractivity contribution in [1.82, 2.24) is 39.9 Å². The lowest BCUT2D eigenvalue weighted by atomic mass is 9.93. The molecule has 2 aliphatic carbocycles. The van der Waals surface area contributed by atoms with Crippen LogP contribution in [0.4, 0.5) is 34.9 Å². The highest BCUT2D eigenvalue weighted by Crippen LogP contribution is 2.26. The van der Waals surface area contributed by atoms with Gasteiger partial charge in [-0.15, -0.1) is 0 Å². The molecule has 6 aromatic heterocycles. The van der Waals surface area contributed by atoms with Crippen LogP contribution >= 0.6 is 0 Å². The first-order chi connectivity index (χ1) is 21.6. The molecule has 224 valence electrons. The van der Waals surface area contributed by atoms with Crippen molar-refractivity contribution in [2.24, 2.45) is 0 Å². The van der Waals surface area contributed by atoms with Crippen molar-refractivity contribution in [2.75, 3.05) is 21.3 Å². The van der Waals surface area contributed by atoms with Gasteiger partial charge in [0.1, 0.15) is 22.9 Å². The van der Waals surface area contributed by atoms with Gasteiger partial charge in [0.25, 0.3) is 0 Å². The Morgan fingerprint density at radius 2 is 1.16 bits per heavy atom. The molecule has 0 saturated heterocycles. The SMILES string of the molecule is Cc1cnc(NC2CCC2)nc1Nc1cnc2[nH]ccc2c1.Cc1cnc(Nc2cnc3[nH]ccc3c2)nc1NC1CCC1. The van der Waals surface area contributed by atoms with Crippen LogP contribution in [0.3, 0.4) is 0 Å². The van der Waals surface area contributed by atoms with E-state index in [4.69, 9.17) is 0 Å². The number of aromatic nitrogens is 8. The van der Waals surface area contributed by atoms with Crippen molar-refractivity contribution in [3.8, 4) is 0 Å². The number of aromatic amines is 2. The second kappa shape index (κ2) is 12.2. The molecular weight excluding hydrogens is 552 g/mol. The largest absolute Gasteiger partial charge is 0.367 e. The van der Waals surface area contributed by atoms with Crippen molar-refractivity contribution in [3.05, 3.63) is 72.6 Å². The minimum atomic E-state index is 0.522. The maximum absolute atomic E-state index is 4.59. The summed E-state index contributed by atoms with van der Waals surface area (Å²) >= 11 is 0. The van der Waals surface area contributed by atoms with E-state index >= 15 is 0 Å². The molecule has 0 aromatic carbocycles. The number of H-pyrrole nitrogens is 2. The highest BCUT2D eigenvalue weighted by Gasteiger charge is 2.19. The number of anilines is 6. The number of nitrogens with one attached hydrogen (secondary N) is 6. The van der Waals surface area contributed by atoms with Crippen LogP contribution in [0.15, 0.2) is 61.4 Å². The summed E-state index contributed by atoms with van der Waals surface area (Å²) in [5.41, 5.74) is 5.64. The van der Waals surface area contributed by atoms with Gasteiger partial charge in [-0.05, 0) is 76.6 Å². The highest BCUT2D eigenvalue weighted by atomic mass is 15.2. The second-order valence-corrected chi connectivity index (χ2v) is 11.5. The second-order valence-electron chi connectivity index (χ2n) is 11.5. The number of pyridine rings is 2. The standard InChI is InChI=1S/2C16H18N6/c1-10-8-19-16(21-12-3-2-4-12)22-14(10)20-13-7-11-5-6-17-15(11)18-9-13;1-10-8-19-16(22-14(10)20-12-3-2-4-12)21-13-7-11-5-6-17-15(11)18-9-13/h2*5-9,12H,2-4H2,1H3,(H,17,18)(H2,19,20,21,22). The molecule has 0 spiro atoms. The first kappa shape index (κ1) is 27.6. The number of nitrogens with zero attached hydrogens (tertiary/aromatic N) is 6. The predicted octanol–water partition coefficient (Wildman–Crippen LogP) is 6.74. The summed E-state index contributed by atoms with van der Waals surface area (Å²) in [6, 6.07) is 9.16. The first-order valence-corrected chi connectivity index (χ1v) is 15.2. The molecule has 0 atom stereocenters. The van der Waals surface area contributed by atoms with Gasteiger partial charge < -0.3 is 31.2 Å². The summed E-state index contributed by atoms with van der Waals surface area (Å²) in [4.78, 5) is 32.8. The minimum Gasteiger partial charge on any atom is -0.367 e.